The third kappa shape index (κ3) is 3.89. The molecule has 21 heavy (non-hydrogen) atoms. The van der Waals surface area contributed by atoms with Gasteiger partial charge in [-0.25, -0.2) is 0 Å². The van der Waals surface area contributed by atoms with Crippen LogP contribution in [0.1, 0.15) is 21.5 Å². The molecule has 5 heteroatoms. The summed E-state index contributed by atoms with van der Waals surface area (Å²) in [6.07, 6.45) is 0. The van der Waals surface area contributed by atoms with E-state index in [-0.39, 0.29) is 11.0 Å². The van der Waals surface area contributed by atoms with E-state index in [1.165, 1.54) is 5.56 Å². The van der Waals surface area contributed by atoms with Crippen molar-refractivity contribution in [3.05, 3.63) is 63.6 Å². The fourth-order valence-electron chi connectivity index (χ4n) is 1.80. The third-order valence-corrected chi connectivity index (χ3v) is 4.39. The van der Waals surface area contributed by atoms with Crippen LogP contribution in [-0.2, 0) is 0 Å². The van der Waals surface area contributed by atoms with Crippen molar-refractivity contribution in [3.8, 4) is 0 Å². The van der Waals surface area contributed by atoms with Gasteiger partial charge in [0.05, 0.1) is 5.69 Å². The SMILES string of the molecule is Cc1ccc(NC(=S)NC(=O)c2ccccc2)c(Br)c1C. The van der Waals surface area contributed by atoms with Crippen LogP contribution < -0.4 is 10.6 Å². The third-order valence-electron chi connectivity index (χ3n) is 3.17. The topological polar surface area (TPSA) is 41.1 Å². The van der Waals surface area contributed by atoms with Crippen LogP contribution in [0.2, 0.25) is 0 Å². The van der Waals surface area contributed by atoms with Gasteiger partial charge in [-0.1, -0.05) is 24.3 Å². The van der Waals surface area contributed by atoms with Crippen molar-refractivity contribution in [3.63, 3.8) is 0 Å². The molecule has 0 atom stereocenters. The van der Waals surface area contributed by atoms with E-state index < -0.39 is 0 Å². The second-order valence-corrected chi connectivity index (χ2v) is 5.84. The van der Waals surface area contributed by atoms with E-state index in [9.17, 15) is 4.79 Å². The van der Waals surface area contributed by atoms with Gasteiger partial charge in [-0.2, -0.15) is 0 Å². The standard InChI is InChI=1S/C16H15BrN2OS/c1-10-8-9-13(14(17)11(10)2)18-16(21)19-15(20)12-6-4-3-5-7-12/h3-9H,1-2H3,(H2,18,19,20,21). The average Bonchev–Trinajstić information content (AvgIpc) is 2.49. The van der Waals surface area contributed by atoms with Crippen molar-refractivity contribution < 1.29 is 4.79 Å². The molecule has 108 valence electrons. The lowest BCUT2D eigenvalue weighted by molar-refractivity contribution is 0.0978. The minimum absolute atomic E-state index is 0.229. The number of halogens is 1. The van der Waals surface area contributed by atoms with Crippen LogP contribution >= 0.6 is 28.1 Å². The normalized spacial score (nSPS) is 10.0. The number of benzene rings is 2. The summed E-state index contributed by atoms with van der Waals surface area (Å²) in [6, 6.07) is 12.9. The van der Waals surface area contributed by atoms with Gasteiger partial charge in [0, 0.05) is 10.0 Å². The molecule has 1 amide bonds. The van der Waals surface area contributed by atoms with Crippen LogP contribution in [0.3, 0.4) is 0 Å². The fraction of sp³-hybridized carbons (Fsp3) is 0.125. The summed E-state index contributed by atoms with van der Waals surface area (Å²) in [5.41, 5.74) is 3.72. The zero-order valence-corrected chi connectivity index (χ0v) is 14.1. The predicted octanol–water partition coefficient (Wildman–Crippen LogP) is 4.19. The Bertz CT molecular complexity index is 686. The molecule has 0 aliphatic rings. The van der Waals surface area contributed by atoms with Gasteiger partial charge >= 0.3 is 0 Å². The Morgan fingerprint density at radius 3 is 2.43 bits per heavy atom. The molecule has 2 rings (SSSR count). The molecule has 3 nitrogen and oxygen atoms in total. The molecule has 2 N–H and O–H groups in total. The number of hydrogen-bond donors (Lipinski definition) is 2. The summed E-state index contributed by atoms with van der Waals surface area (Å²) < 4.78 is 0.943. The van der Waals surface area contributed by atoms with Crippen molar-refractivity contribution in [1.29, 1.82) is 0 Å². The Kier molecular flexibility index (Phi) is 5.09. The molecule has 0 unspecified atom stereocenters. The highest BCUT2D eigenvalue weighted by molar-refractivity contribution is 9.10. The summed E-state index contributed by atoms with van der Waals surface area (Å²) in [6.45, 7) is 4.07. The number of aryl methyl sites for hydroxylation is 1. The maximum atomic E-state index is 12.0. The number of nitrogens with one attached hydrogen (secondary N) is 2. The first-order valence-electron chi connectivity index (χ1n) is 6.42. The quantitative estimate of drug-likeness (QED) is 0.786. The lowest BCUT2D eigenvalue weighted by Crippen LogP contribution is -2.34. The van der Waals surface area contributed by atoms with E-state index >= 15 is 0 Å². The maximum absolute atomic E-state index is 12.0. The van der Waals surface area contributed by atoms with E-state index in [4.69, 9.17) is 12.2 Å². The van der Waals surface area contributed by atoms with Crippen molar-refractivity contribution >= 4 is 44.9 Å². The number of anilines is 1. The molecular weight excluding hydrogens is 348 g/mol. The molecule has 0 aliphatic heterocycles. The Balaban J connectivity index is 2.06. The number of hydrogen-bond acceptors (Lipinski definition) is 2. The van der Waals surface area contributed by atoms with Crippen LogP contribution in [0.5, 0.6) is 0 Å². The highest BCUT2D eigenvalue weighted by Crippen LogP contribution is 2.28. The summed E-state index contributed by atoms with van der Waals surface area (Å²) in [4.78, 5) is 12.0. The molecule has 0 saturated heterocycles. The number of amides is 1. The van der Waals surface area contributed by atoms with E-state index in [1.807, 2.05) is 44.2 Å². The summed E-state index contributed by atoms with van der Waals surface area (Å²) in [7, 11) is 0. The largest absolute Gasteiger partial charge is 0.331 e. The Labute approximate surface area is 137 Å². The minimum Gasteiger partial charge on any atom is -0.331 e. The van der Waals surface area contributed by atoms with Gasteiger partial charge in [0.1, 0.15) is 0 Å². The summed E-state index contributed by atoms with van der Waals surface area (Å²) >= 11 is 8.72. The highest BCUT2D eigenvalue weighted by atomic mass is 79.9. The van der Waals surface area contributed by atoms with E-state index in [0.29, 0.717) is 5.56 Å². The molecule has 0 spiro atoms. The van der Waals surface area contributed by atoms with Crippen molar-refractivity contribution in [2.45, 2.75) is 13.8 Å². The van der Waals surface area contributed by atoms with Gasteiger partial charge in [-0.15, -0.1) is 0 Å². The molecule has 2 aromatic carbocycles. The van der Waals surface area contributed by atoms with Gasteiger partial charge in [0.15, 0.2) is 5.11 Å². The van der Waals surface area contributed by atoms with Gasteiger partial charge in [0.2, 0.25) is 0 Å². The predicted molar refractivity (Wildman–Crippen MR) is 93.7 cm³/mol. The van der Waals surface area contributed by atoms with E-state index in [0.717, 1.165) is 15.7 Å². The minimum atomic E-state index is -0.229. The highest BCUT2D eigenvalue weighted by Gasteiger charge is 2.10. The zero-order chi connectivity index (χ0) is 15.4. The number of carbonyl (C=O) groups is 1. The molecular formula is C16H15BrN2OS. The van der Waals surface area contributed by atoms with Crippen LogP contribution in [0, 0.1) is 13.8 Å². The van der Waals surface area contributed by atoms with Crippen molar-refractivity contribution in [2.24, 2.45) is 0 Å². The van der Waals surface area contributed by atoms with Gasteiger partial charge in [0.25, 0.3) is 5.91 Å². The monoisotopic (exact) mass is 362 g/mol. The molecule has 2 aromatic rings. The lowest BCUT2D eigenvalue weighted by atomic mass is 10.1. The first-order chi connectivity index (χ1) is 9.99. The van der Waals surface area contributed by atoms with Crippen molar-refractivity contribution in [1.82, 2.24) is 5.32 Å². The van der Waals surface area contributed by atoms with Crippen molar-refractivity contribution in [2.75, 3.05) is 5.32 Å². The van der Waals surface area contributed by atoms with Crippen LogP contribution in [0.4, 0.5) is 5.69 Å². The lowest BCUT2D eigenvalue weighted by Gasteiger charge is -2.13. The molecule has 0 bridgehead atoms. The molecule has 0 aliphatic carbocycles. The average molecular weight is 363 g/mol. The molecule has 0 radical (unpaired) electrons. The van der Waals surface area contributed by atoms with Crippen LogP contribution in [0.15, 0.2) is 46.9 Å². The summed E-state index contributed by atoms with van der Waals surface area (Å²) in [5.74, 6) is -0.229. The zero-order valence-electron chi connectivity index (χ0n) is 11.7. The van der Waals surface area contributed by atoms with Gasteiger partial charge in [-0.05, 0) is 71.3 Å². The Morgan fingerprint density at radius 1 is 1.10 bits per heavy atom. The first kappa shape index (κ1) is 15.7. The van der Waals surface area contributed by atoms with Crippen LogP contribution in [-0.4, -0.2) is 11.0 Å². The molecule has 0 fully saturated rings. The number of rotatable bonds is 2. The summed E-state index contributed by atoms with van der Waals surface area (Å²) in [5, 5.41) is 5.97. The number of thiocarbonyl (C=S) groups is 1. The van der Waals surface area contributed by atoms with Crippen LogP contribution in [0.25, 0.3) is 0 Å². The fourth-order valence-corrected chi connectivity index (χ4v) is 2.54. The molecule has 0 heterocycles. The van der Waals surface area contributed by atoms with Gasteiger partial charge in [-0.3, -0.25) is 10.1 Å². The second kappa shape index (κ2) is 6.83. The Morgan fingerprint density at radius 2 is 1.76 bits per heavy atom. The first-order valence-corrected chi connectivity index (χ1v) is 7.62. The molecule has 0 saturated carbocycles. The Hall–Kier alpha value is -1.72. The van der Waals surface area contributed by atoms with E-state index in [2.05, 4.69) is 26.6 Å². The maximum Gasteiger partial charge on any atom is 0.257 e. The molecule has 0 aromatic heterocycles. The number of carbonyl (C=O) groups excluding carboxylic acids is 1. The smallest absolute Gasteiger partial charge is 0.257 e. The van der Waals surface area contributed by atoms with Gasteiger partial charge < -0.3 is 5.32 Å². The van der Waals surface area contributed by atoms with E-state index in [1.54, 1.807) is 12.1 Å². The second-order valence-electron chi connectivity index (χ2n) is 4.64.